The second kappa shape index (κ2) is 9.65. The number of nitrogens with zero attached hydrogens (tertiary/aromatic N) is 1. The van der Waals surface area contributed by atoms with E-state index in [1.54, 1.807) is 0 Å². The Morgan fingerprint density at radius 2 is 1.88 bits per heavy atom. The molecule has 0 saturated carbocycles. The van der Waals surface area contributed by atoms with Gasteiger partial charge in [-0.1, -0.05) is 18.9 Å². The van der Waals surface area contributed by atoms with Crippen LogP contribution in [-0.4, -0.2) is 43.6 Å². The van der Waals surface area contributed by atoms with Crippen LogP contribution in [0.15, 0.2) is 24.3 Å². The fourth-order valence-electron chi connectivity index (χ4n) is 2.85. The summed E-state index contributed by atoms with van der Waals surface area (Å²) in [5, 5.41) is 2.74. The van der Waals surface area contributed by atoms with Crippen LogP contribution in [0.4, 0.5) is 13.2 Å². The molecule has 1 aliphatic rings. The molecular weight excluding hydrogens is 333 g/mol. The van der Waals surface area contributed by atoms with Crippen molar-refractivity contribution in [2.24, 2.45) is 0 Å². The molecule has 0 unspecified atom stereocenters. The van der Waals surface area contributed by atoms with Crippen LogP contribution >= 0.6 is 0 Å². The molecule has 1 amide bonds. The molecule has 0 bridgehead atoms. The number of carbonyl (C=O) groups excluding carboxylic acids is 1. The third-order valence-corrected chi connectivity index (χ3v) is 4.20. The first kappa shape index (κ1) is 19.6. The Balaban J connectivity index is 1.64. The van der Waals surface area contributed by atoms with E-state index in [0.717, 1.165) is 38.2 Å². The van der Waals surface area contributed by atoms with E-state index in [1.807, 2.05) is 0 Å². The quantitative estimate of drug-likeness (QED) is 0.759. The lowest BCUT2D eigenvalue weighted by molar-refractivity contribution is -0.137. The highest BCUT2D eigenvalue weighted by Gasteiger charge is 2.30. The zero-order chi connectivity index (χ0) is 18.1. The molecule has 0 aromatic heterocycles. The predicted octanol–water partition coefficient (Wildman–Crippen LogP) is 3.47. The van der Waals surface area contributed by atoms with Crippen LogP contribution in [0.3, 0.4) is 0 Å². The van der Waals surface area contributed by atoms with Gasteiger partial charge in [-0.15, -0.1) is 0 Å². The first-order valence-corrected chi connectivity index (χ1v) is 8.74. The van der Waals surface area contributed by atoms with Crippen molar-refractivity contribution in [1.29, 1.82) is 0 Å². The number of alkyl halides is 3. The smallest absolute Gasteiger partial charge is 0.416 e. The standard InChI is InChI=1S/C18H25F3N2O2/c19-18(20,21)15-7-5-8-16(13-15)25-14-17(24)22-9-6-12-23-10-3-1-2-4-11-23/h5,7-8,13H,1-4,6,9-12,14H2,(H,22,24). The highest BCUT2D eigenvalue weighted by atomic mass is 19.4. The number of halogens is 3. The van der Waals surface area contributed by atoms with Crippen molar-refractivity contribution in [3.05, 3.63) is 29.8 Å². The number of benzene rings is 1. The number of rotatable bonds is 7. The minimum Gasteiger partial charge on any atom is -0.484 e. The molecule has 1 N–H and O–H groups in total. The Kier molecular flexibility index (Phi) is 7.55. The van der Waals surface area contributed by atoms with Gasteiger partial charge in [-0.25, -0.2) is 0 Å². The lowest BCUT2D eigenvalue weighted by Crippen LogP contribution is -2.33. The van der Waals surface area contributed by atoms with Crippen molar-refractivity contribution in [3.8, 4) is 5.75 Å². The zero-order valence-electron chi connectivity index (χ0n) is 14.3. The summed E-state index contributed by atoms with van der Waals surface area (Å²) in [6.07, 6.45) is 1.48. The van der Waals surface area contributed by atoms with Crippen molar-refractivity contribution in [1.82, 2.24) is 10.2 Å². The van der Waals surface area contributed by atoms with E-state index in [-0.39, 0.29) is 18.3 Å². The number of likely N-dealkylation sites (tertiary alicyclic amines) is 1. The van der Waals surface area contributed by atoms with Gasteiger partial charge in [-0.05, 0) is 57.1 Å². The van der Waals surface area contributed by atoms with Crippen molar-refractivity contribution in [2.75, 3.05) is 32.8 Å². The molecular formula is C18H25F3N2O2. The maximum Gasteiger partial charge on any atom is 0.416 e. The first-order valence-electron chi connectivity index (χ1n) is 8.74. The average molecular weight is 358 g/mol. The van der Waals surface area contributed by atoms with E-state index < -0.39 is 11.7 Å². The number of carbonyl (C=O) groups is 1. The summed E-state index contributed by atoms with van der Waals surface area (Å²) in [7, 11) is 0. The summed E-state index contributed by atoms with van der Waals surface area (Å²) in [6.45, 7) is 3.44. The van der Waals surface area contributed by atoms with Gasteiger partial charge < -0.3 is 15.0 Å². The molecule has 0 radical (unpaired) electrons. The van der Waals surface area contributed by atoms with E-state index in [1.165, 1.54) is 37.8 Å². The van der Waals surface area contributed by atoms with Gasteiger partial charge >= 0.3 is 6.18 Å². The lowest BCUT2D eigenvalue weighted by Gasteiger charge is -2.19. The summed E-state index contributed by atoms with van der Waals surface area (Å²) >= 11 is 0. The Labute approximate surface area is 146 Å². The van der Waals surface area contributed by atoms with Crippen LogP contribution in [0.2, 0.25) is 0 Å². The number of hydrogen-bond donors (Lipinski definition) is 1. The minimum absolute atomic E-state index is 0.0366. The molecule has 0 aliphatic carbocycles. The van der Waals surface area contributed by atoms with Crippen LogP contribution < -0.4 is 10.1 Å². The van der Waals surface area contributed by atoms with E-state index in [9.17, 15) is 18.0 Å². The van der Waals surface area contributed by atoms with Gasteiger partial charge in [-0.2, -0.15) is 13.2 Å². The second-order valence-corrected chi connectivity index (χ2v) is 6.27. The van der Waals surface area contributed by atoms with Crippen molar-refractivity contribution in [2.45, 2.75) is 38.3 Å². The van der Waals surface area contributed by atoms with E-state index in [2.05, 4.69) is 10.2 Å². The second-order valence-electron chi connectivity index (χ2n) is 6.27. The Bertz CT molecular complexity index is 541. The van der Waals surface area contributed by atoms with Crippen LogP contribution in [0, 0.1) is 0 Å². The first-order chi connectivity index (χ1) is 11.9. The highest BCUT2D eigenvalue weighted by molar-refractivity contribution is 5.77. The third kappa shape index (κ3) is 7.34. The normalized spacial score (nSPS) is 16.3. The molecule has 2 rings (SSSR count). The molecule has 1 aromatic carbocycles. The van der Waals surface area contributed by atoms with Crippen molar-refractivity contribution in [3.63, 3.8) is 0 Å². The SMILES string of the molecule is O=C(COc1cccc(C(F)(F)F)c1)NCCCN1CCCCCC1. The summed E-state index contributed by atoms with van der Waals surface area (Å²) in [4.78, 5) is 14.1. The Morgan fingerprint density at radius 1 is 1.16 bits per heavy atom. The molecule has 1 heterocycles. The van der Waals surface area contributed by atoms with Crippen LogP contribution in [0.25, 0.3) is 0 Å². The van der Waals surface area contributed by atoms with Gasteiger partial charge in [0.15, 0.2) is 6.61 Å². The van der Waals surface area contributed by atoms with Crippen LogP contribution in [0.5, 0.6) is 5.75 Å². The van der Waals surface area contributed by atoms with Gasteiger partial charge in [0.25, 0.3) is 5.91 Å². The molecule has 4 nitrogen and oxygen atoms in total. The van der Waals surface area contributed by atoms with Crippen molar-refractivity contribution < 1.29 is 22.7 Å². The van der Waals surface area contributed by atoms with Gasteiger partial charge in [0.1, 0.15) is 5.75 Å². The number of ether oxygens (including phenoxy) is 1. The van der Waals surface area contributed by atoms with Crippen LogP contribution in [-0.2, 0) is 11.0 Å². The van der Waals surface area contributed by atoms with E-state index in [4.69, 9.17) is 4.74 Å². The predicted molar refractivity (Wildman–Crippen MR) is 89.5 cm³/mol. The van der Waals surface area contributed by atoms with Gasteiger partial charge in [0.05, 0.1) is 5.56 Å². The summed E-state index contributed by atoms with van der Waals surface area (Å²) < 4.78 is 43.0. The lowest BCUT2D eigenvalue weighted by atomic mass is 10.2. The molecule has 1 saturated heterocycles. The summed E-state index contributed by atoms with van der Waals surface area (Å²) in [5.74, 6) is -0.289. The number of amides is 1. The third-order valence-electron chi connectivity index (χ3n) is 4.20. The number of hydrogen-bond acceptors (Lipinski definition) is 3. The zero-order valence-corrected chi connectivity index (χ0v) is 14.3. The van der Waals surface area contributed by atoms with Gasteiger partial charge in [0.2, 0.25) is 0 Å². The largest absolute Gasteiger partial charge is 0.484 e. The van der Waals surface area contributed by atoms with Gasteiger partial charge in [-0.3, -0.25) is 4.79 Å². The molecule has 0 spiro atoms. The van der Waals surface area contributed by atoms with E-state index >= 15 is 0 Å². The molecule has 1 fully saturated rings. The molecule has 25 heavy (non-hydrogen) atoms. The minimum atomic E-state index is -4.42. The molecule has 0 atom stereocenters. The summed E-state index contributed by atoms with van der Waals surface area (Å²) in [6, 6.07) is 4.53. The Hall–Kier alpha value is -1.76. The summed E-state index contributed by atoms with van der Waals surface area (Å²) in [5.41, 5.74) is -0.789. The Morgan fingerprint density at radius 3 is 2.56 bits per heavy atom. The maximum absolute atomic E-state index is 12.6. The highest BCUT2D eigenvalue weighted by Crippen LogP contribution is 2.31. The van der Waals surface area contributed by atoms with Crippen LogP contribution in [0.1, 0.15) is 37.7 Å². The fourth-order valence-corrected chi connectivity index (χ4v) is 2.85. The average Bonchev–Trinajstić information content (AvgIpc) is 2.85. The van der Waals surface area contributed by atoms with Gasteiger partial charge in [0, 0.05) is 6.54 Å². The molecule has 1 aromatic rings. The molecule has 1 aliphatic heterocycles. The number of nitrogens with one attached hydrogen (secondary N) is 1. The monoisotopic (exact) mass is 358 g/mol. The molecule has 140 valence electrons. The topological polar surface area (TPSA) is 41.6 Å². The fraction of sp³-hybridized carbons (Fsp3) is 0.611. The van der Waals surface area contributed by atoms with E-state index in [0.29, 0.717) is 6.54 Å². The van der Waals surface area contributed by atoms with Crippen molar-refractivity contribution >= 4 is 5.91 Å². The molecule has 7 heteroatoms. The maximum atomic E-state index is 12.6.